The first kappa shape index (κ1) is 9.38. The van der Waals surface area contributed by atoms with Gasteiger partial charge in [-0.25, -0.2) is 4.79 Å². The summed E-state index contributed by atoms with van der Waals surface area (Å²) in [6.07, 6.45) is -0.766. The van der Waals surface area contributed by atoms with E-state index in [2.05, 4.69) is 4.74 Å². The predicted molar refractivity (Wildman–Crippen MR) is 48.6 cm³/mol. The molecule has 2 N–H and O–H groups in total. The van der Waals surface area contributed by atoms with Gasteiger partial charge in [-0.3, -0.25) is 0 Å². The molecule has 0 aliphatic carbocycles. The fourth-order valence-electron chi connectivity index (χ4n) is 0.861. The van der Waals surface area contributed by atoms with Crippen molar-refractivity contribution in [2.45, 2.75) is 6.92 Å². The average Bonchev–Trinajstić information content (AvgIpc) is 2.11. The van der Waals surface area contributed by atoms with E-state index >= 15 is 0 Å². The van der Waals surface area contributed by atoms with Crippen molar-refractivity contribution < 1.29 is 14.3 Å². The quantitative estimate of drug-likeness (QED) is 0.407. The highest BCUT2D eigenvalue weighted by atomic mass is 16.7. The van der Waals surface area contributed by atoms with Crippen LogP contribution in [0.4, 0.5) is 10.5 Å². The zero-order chi connectivity index (χ0) is 9.84. The lowest BCUT2D eigenvalue weighted by Crippen LogP contribution is -2.08. The number of benzene rings is 1. The Kier molecular flexibility index (Phi) is 2.74. The molecule has 0 heterocycles. The molecular weight excluding hydrogens is 170 g/mol. The van der Waals surface area contributed by atoms with E-state index in [0.717, 1.165) is 5.56 Å². The number of hydrogen-bond donors (Lipinski definition) is 1. The minimum Gasteiger partial charge on any atom is -0.437 e. The molecule has 0 aromatic heterocycles. The van der Waals surface area contributed by atoms with Crippen molar-refractivity contribution in [1.82, 2.24) is 0 Å². The molecule has 1 rings (SSSR count). The van der Waals surface area contributed by atoms with Crippen molar-refractivity contribution in [2.24, 2.45) is 0 Å². The van der Waals surface area contributed by atoms with Gasteiger partial charge < -0.3 is 15.2 Å². The molecule has 0 bridgehead atoms. The molecule has 0 fully saturated rings. The van der Waals surface area contributed by atoms with Crippen LogP contribution < -0.4 is 10.5 Å². The molecule has 0 saturated heterocycles. The second kappa shape index (κ2) is 3.80. The molecule has 1 aromatic carbocycles. The summed E-state index contributed by atoms with van der Waals surface area (Å²) >= 11 is 0. The van der Waals surface area contributed by atoms with Crippen LogP contribution in [0.1, 0.15) is 5.56 Å². The summed E-state index contributed by atoms with van der Waals surface area (Å²) in [5.74, 6) is 0.326. The highest BCUT2D eigenvalue weighted by molar-refractivity contribution is 5.67. The Hall–Kier alpha value is -1.71. The zero-order valence-corrected chi connectivity index (χ0v) is 7.53. The number of aryl methyl sites for hydroxylation is 1. The molecule has 0 radical (unpaired) electrons. The third-order valence-electron chi connectivity index (χ3n) is 1.53. The van der Waals surface area contributed by atoms with Crippen molar-refractivity contribution in [1.29, 1.82) is 0 Å². The fraction of sp³-hybridized carbons (Fsp3) is 0.222. The smallest absolute Gasteiger partial charge is 0.437 e. The van der Waals surface area contributed by atoms with Gasteiger partial charge in [-0.2, -0.15) is 0 Å². The van der Waals surface area contributed by atoms with Gasteiger partial charge in [0.05, 0.1) is 12.8 Å². The number of methoxy groups -OCH3 is 1. The molecule has 13 heavy (non-hydrogen) atoms. The van der Waals surface area contributed by atoms with E-state index in [4.69, 9.17) is 10.5 Å². The van der Waals surface area contributed by atoms with E-state index in [0.29, 0.717) is 11.4 Å². The van der Waals surface area contributed by atoms with Crippen molar-refractivity contribution in [2.75, 3.05) is 12.8 Å². The average molecular weight is 181 g/mol. The van der Waals surface area contributed by atoms with Crippen molar-refractivity contribution in [3.8, 4) is 5.75 Å². The van der Waals surface area contributed by atoms with Crippen LogP contribution in [0.2, 0.25) is 0 Å². The van der Waals surface area contributed by atoms with Crippen LogP contribution in [-0.4, -0.2) is 13.3 Å². The summed E-state index contributed by atoms with van der Waals surface area (Å²) in [4.78, 5) is 10.7. The van der Waals surface area contributed by atoms with Gasteiger partial charge in [0.15, 0.2) is 5.75 Å². The highest BCUT2D eigenvalue weighted by Gasteiger charge is 2.06. The summed E-state index contributed by atoms with van der Waals surface area (Å²) in [5.41, 5.74) is 6.94. The number of ether oxygens (including phenoxy) is 2. The molecule has 70 valence electrons. The summed E-state index contributed by atoms with van der Waals surface area (Å²) in [6, 6.07) is 5.18. The molecule has 0 aliphatic rings. The first-order valence-electron chi connectivity index (χ1n) is 3.75. The number of carbonyl (C=O) groups excluding carboxylic acids is 1. The third-order valence-corrected chi connectivity index (χ3v) is 1.53. The maximum Gasteiger partial charge on any atom is 0.513 e. The second-order valence-corrected chi connectivity index (χ2v) is 2.60. The van der Waals surface area contributed by atoms with Crippen LogP contribution in [0, 0.1) is 6.92 Å². The van der Waals surface area contributed by atoms with Crippen molar-refractivity contribution >= 4 is 11.8 Å². The Morgan fingerprint density at radius 1 is 1.46 bits per heavy atom. The van der Waals surface area contributed by atoms with E-state index in [1.165, 1.54) is 7.11 Å². The molecule has 0 spiro atoms. The number of anilines is 1. The standard InChI is InChI=1S/C9H11NO3/c1-6-3-4-7(10)8(5-6)13-9(11)12-2/h3-5H,10H2,1-2H3. The zero-order valence-electron chi connectivity index (χ0n) is 7.53. The van der Waals surface area contributed by atoms with Crippen LogP contribution in [0.25, 0.3) is 0 Å². The number of hydrogen-bond acceptors (Lipinski definition) is 4. The van der Waals surface area contributed by atoms with Crippen LogP contribution >= 0.6 is 0 Å². The van der Waals surface area contributed by atoms with Gasteiger partial charge >= 0.3 is 6.16 Å². The first-order valence-corrected chi connectivity index (χ1v) is 3.75. The lowest BCUT2D eigenvalue weighted by molar-refractivity contribution is 0.121. The topological polar surface area (TPSA) is 61.5 Å². The van der Waals surface area contributed by atoms with Crippen LogP contribution in [0.3, 0.4) is 0 Å². The van der Waals surface area contributed by atoms with Crippen LogP contribution in [-0.2, 0) is 4.74 Å². The Morgan fingerprint density at radius 3 is 2.77 bits per heavy atom. The summed E-state index contributed by atoms with van der Waals surface area (Å²) < 4.78 is 9.12. The summed E-state index contributed by atoms with van der Waals surface area (Å²) in [6.45, 7) is 1.88. The SMILES string of the molecule is COC(=O)Oc1cc(C)ccc1N. The maximum atomic E-state index is 10.7. The Morgan fingerprint density at radius 2 is 2.15 bits per heavy atom. The number of nitrogens with two attached hydrogens (primary N) is 1. The van der Waals surface area contributed by atoms with Gasteiger partial charge in [0.2, 0.25) is 0 Å². The van der Waals surface area contributed by atoms with E-state index in [9.17, 15) is 4.79 Å². The third kappa shape index (κ3) is 2.37. The highest BCUT2D eigenvalue weighted by Crippen LogP contribution is 2.22. The lowest BCUT2D eigenvalue weighted by atomic mass is 10.2. The Labute approximate surface area is 76.3 Å². The number of nitrogen functional groups attached to an aromatic ring is 1. The normalized spacial score (nSPS) is 9.38. The predicted octanol–water partition coefficient (Wildman–Crippen LogP) is 1.72. The van der Waals surface area contributed by atoms with Gasteiger partial charge in [-0.15, -0.1) is 0 Å². The van der Waals surface area contributed by atoms with Gasteiger partial charge in [-0.05, 0) is 24.6 Å². The molecular formula is C9H11NO3. The second-order valence-electron chi connectivity index (χ2n) is 2.60. The van der Waals surface area contributed by atoms with Crippen molar-refractivity contribution in [3.63, 3.8) is 0 Å². The Bertz CT molecular complexity index is 323. The minimum absolute atomic E-state index is 0.326. The number of rotatable bonds is 1. The monoisotopic (exact) mass is 181 g/mol. The first-order chi connectivity index (χ1) is 6.13. The summed E-state index contributed by atoms with van der Waals surface area (Å²) in [7, 11) is 1.24. The minimum atomic E-state index is -0.766. The van der Waals surface area contributed by atoms with Crippen molar-refractivity contribution in [3.05, 3.63) is 23.8 Å². The fourth-order valence-corrected chi connectivity index (χ4v) is 0.861. The van der Waals surface area contributed by atoms with E-state index in [-0.39, 0.29) is 0 Å². The molecule has 0 unspecified atom stereocenters. The summed E-state index contributed by atoms with van der Waals surface area (Å²) in [5, 5.41) is 0. The maximum absolute atomic E-state index is 10.7. The van der Waals surface area contributed by atoms with Crippen LogP contribution in [0.5, 0.6) is 5.75 Å². The van der Waals surface area contributed by atoms with E-state index in [1.807, 2.05) is 13.0 Å². The molecule has 0 aliphatic heterocycles. The van der Waals surface area contributed by atoms with Gasteiger partial charge in [0, 0.05) is 0 Å². The van der Waals surface area contributed by atoms with Gasteiger partial charge in [0.1, 0.15) is 0 Å². The molecule has 0 atom stereocenters. The van der Waals surface area contributed by atoms with E-state index < -0.39 is 6.16 Å². The lowest BCUT2D eigenvalue weighted by Gasteiger charge is -2.05. The molecule has 0 saturated carbocycles. The molecule has 0 amide bonds. The van der Waals surface area contributed by atoms with Crippen LogP contribution in [0.15, 0.2) is 18.2 Å². The molecule has 4 nitrogen and oxygen atoms in total. The Balaban J connectivity index is 2.87. The van der Waals surface area contributed by atoms with E-state index in [1.54, 1.807) is 12.1 Å². The molecule has 1 aromatic rings. The molecule has 4 heteroatoms. The largest absolute Gasteiger partial charge is 0.513 e. The van der Waals surface area contributed by atoms with Gasteiger partial charge in [0.25, 0.3) is 0 Å². The number of carbonyl (C=O) groups is 1. The van der Waals surface area contributed by atoms with Gasteiger partial charge in [-0.1, -0.05) is 6.07 Å².